The predicted octanol–water partition coefficient (Wildman–Crippen LogP) is 7.10. The van der Waals surface area contributed by atoms with Gasteiger partial charge in [0.2, 0.25) is 11.8 Å². The summed E-state index contributed by atoms with van der Waals surface area (Å²) in [5.41, 5.74) is 3.43. The van der Waals surface area contributed by atoms with Crippen LogP contribution in [0.15, 0.2) is 97.6 Å². The van der Waals surface area contributed by atoms with E-state index in [2.05, 4.69) is 120 Å². The zero-order chi connectivity index (χ0) is 86.3. The van der Waals surface area contributed by atoms with Crippen molar-refractivity contribution < 1.29 is 152 Å². The molecular weight excluding hydrogens is 1670 g/mol. The van der Waals surface area contributed by atoms with Gasteiger partial charge in [0, 0.05) is 110 Å². The number of nitrogens with one attached hydrogen (secondary N) is 4. The van der Waals surface area contributed by atoms with Crippen LogP contribution in [0.1, 0.15) is 142 Å². The molecule has 4 heterocycles. The van der Waals surface area contributed by atoms with E-state index in [4.69, 9.17) is 77.5 Å². The molecule has 2 fully saturated rings. The number of carbonyl (C=O) groups excluding carboxylic acids is 2. The number of benzene rings is 4. The minimum atomic E-state index is -4.55. The van der Waals surface area contributed by atoms with Gasteiger partial charge in [0.25, 0.3) is 0 Å². The average Bonchev–Trinajstić information content (AvgIpc) is 1.42. The third-order valence-corrected chi connectivity index (χ3v) is 20.0. The maximum Gasteiger partial charge on any atom is 1.00 e. The van der Waals surface area contributed by atoms with Crippen LogP contribution >= 0.6 is 23.5 Å². The maximum absolute atomic E-state index is 13.0. The number of nitrogens with zero attached hydrogens (tertiary/aromatic N) is 7. The van der Waals surface area contributed by atoms with Gasteiger partial charge >= 0.3 is 77.3 Å². The van der Waals surface area contributed by atoms with Gasteiger partial charge in [-0.2, -0.15) is 0 Å². The van der Waals surface area contributed by atoms with Gasteiger partial charge in [-0.05, 0) is 129 Å². The number of hydrogen-bond donors (Lipinski definition) is 5. The van der Waals surface area contributed by atoms with Gasteiger partial charge in [-0.1, -0.05) is 121 Å². The van der Waals surface area contributed by atoms with Gasteiger partial charge in [0.15, 0.2) is 18.0 Å². The molecule has 2 amide bonds. The summed E-state index contributed by atoms with van der Waals surface area (Å²) in [7, 11) is -11.3. The standard InChI is InChI=1S/C28H31N5O3.C26H29N4O6P.C10H23NO2.C6H13BrO2.C6H15NO4S.C5H12.2Na.O3S.H/c1-4-20-9-7-10-21(15-20)31-28-23-16-25(32-27(34)11-8-13-33(5-2)6-3)26(17-24(23)29-19-30-28)36-22-12-14-35-18-22;1-4-18-8-7-9-19(12-18)29-26-21-13-23(30-25(31)16-37(32,34-5-2)35-6-3)24(14-22(21)27-17-28-26)36-20-10-11-33-15-20;1-5-11(6-2)9-10(12-7-3)13-8-4;1-3-8-6(5-7)9-4-2;1-3-7(4-2)5-6(8)12(9,10)11;1-3-5-4-2;;;1-4(2)3;/h1,7-11,15-17,19,22H,5-6,12-14,18H2,2-3H3,(H,32,34)(H,29,30,31);1,7-9,12-14,17,20H,5-6,10-11,15-16H2,2-3H3,(H,30,31)(H,27,28,29);10H,5-9H2,1-4H3;6H,3-5H2,1-2H3;6,8H,3-5H2,1-2H3,(H,9,10,11);3-5H2,1-2H3;;;;/q;;;;;;2*+1;;-1/p-1/b11-8+;;;;;;;;;/t22-;20-;;;;;;;;/m00......../s1. The Kier molecular flexibility index (Phi) is 62.8. The van der Waals surface area contributed by atoms with Crippen molar-refractivity contribution in [1.82, 2.24) is 34.6 Å². The summed E-state index contributed by atoms with van der Waals surface area (Å²) < 4.78 is 124. The molecule has 6 aromatic rings. The monoisotopic (exact) mass is 1790 g/mol. The van der Waals surface area contributed by atoms with Crippen LogP contribution in [0.2, 0.25) is 0 Å². The van der Waals surface area contributed by atoms with Crippen molar-refractivity contribution >= 4 is 112 Å². The Morgan fingerprint density at radius 1 is 0.636 bits per heavy atom. The molecule has 2 saturated heterocycles. The fraction of sp³-hybridized carbons (Fsp3) is 0.556. The number of fused-ring (bicyclic) bond motifs is 2. The largest absolute Gasteiger partial charge is 1.00 e. The van der Waals surface area contributed by atoms with E-state index in [1.54, 1.807) is 37.0 Å². The number of halogens is 1. The number of anilines is 6. The molecule has 3 atom stereocenters. The summed E-state index contributed by atoms with van der Waals surface area (Å²) in [6.45, 7) is 39.8. The number of likely N-dealkylation sites (N-methyl/N-ethyl adjacent to an activating group) is 3. The van der Waals surface area contributed by atoms with Crippen molar-refractivity contribution in [3.63, 3.8) is 0 Å². The number of unbranched alkanes of at least 4 members (excludes halogenated alkanes) is 2. The van der Waals surface area contributed by atoms with E-state index in [0.717, 1.165) is 78.8 Å². The number of amides is 2. The van der Waals surface area contributed by atoms with Crippen LogP contribution < -0.4 is 89.9 Å². The first-order chi connectivity index (χ1) is 55.7. The van der Waals surface area contributed by atoms with Crippen LogP contribution in [-0.4, -0.2) is 244 Å². The maximum atomic E-state index is 13.0. The summed E-state index contributed by atoms with van der Waals surface area (Å²) in [5, 5.41) is 23.4. The second-order valence-corrected chi connectivity index (χ2v) is 29.6. The van der Waals surface area contributed by atoms with Crippen molar-refractivity contribution in [2.24, 2.45) is 0 Å². The molecule has 0 radical (unpaired) electrons. The molecule has 2 aliphatic rings. The van der Waals surface area contributed by atoms with E-state index in [9.17, 15) is 27.1 Å². The van der Waals surface area contributed by atoms with E-state index in [1.807, 2.05) is 108 Å². The van der Waals surface area contributed by atoms with Gasteiger partial charge in [-0.15, -0.1) is 25.5 Å². The topological polar surface area (TPSA) is 382 Å². The Labute approximate surface area is 754 Å². The van der Waals surface area contributed by atoms with E-state index in [0.29, 0.717) is 123 Å². The number of terminal acetylenes is 2. The van der Waals surface area contributed by atoms with Crippen molar-refractivity contribution in [2.45, 2.75) is 159 Å². The Morgan fingerprint density at radius 2 is 1.05 bits per heavy atom. The average molecular weight is 1790 g/mol. The number of hydrogen-bond acceptors (Lipinski definition) is 29. The van der Waals surface area contributed by atoms with Gasteiger partial charge in [-0.3, -0.25) is 19.1 Å². The minimum Gasteiger partial charge on any atom is -1.00 e. The molecule has 648 valence electrons. The van der Waals surface area contributed by atoms with Crippen LogP contribution in [-0.2, 0) is 72.3 Å². The smallest absolute Gasteiger partial charge is 1.00 e. The molecule has 0 spiro atoms. The molecule has 0 bridgehead atoms. The van der Waals surface area contributed by atoms with Crippen LogP contribution in [0.3, 0.4) is 0 Å². The number of aliphatic hydroxyl groups excluding tert-OH is 1. The van der Waals surface area contributed by atoms with Crippen LogP contribution in [0.5, 0.6) is 11.5 Å². The first-order valence-electron chi connectivity index (χ1n) is 39.2. The summed E-state index contributed by atoms with van der Waals surface area (Å²) in [5.74, 6) is 6.54. The molecule has 37 heteroatoms. The fourth-order valence-electron chi connectivity index (χ4n) is 10.7. The molecule has 0 aliphatic carbocycles. The quantitative estimate of drug-likeness (QED) is 0.00486. The van der Waals surface area contributed by atoms with Crippen molar-refractivity contribution in [2.75, 3.05) is 158 Å². The van der Waals surface area contributed by atoms with Gasteiger partial charge in [-0.25, -0.2) is 28.4 Å². The molecule has 1 unspecified atom stereocenters. The summed E-state index contributed by atoms with van der Waals surface area (Å²) in [6.07, 6.45) is 22.2. The molecule has 118 heavy (non-hydrogen) atoms. The number of carbonyl (C=O) groups is 2. The van der Waals surface area contributed by atoms with E-state index in [1.165, 1.54) is 31.9 Å². The predicted molar refractivity (Wildman–Crippen MR) is 459 cm³/mol. The molecule has 8 rings (SSSR count). The summed E-state index contributed by atoms with van der Waals surface area (Å²) in [6, 6.07) is 22.0. The Balaban J connectivity index is 0. The molecule has 5 N–H and O–H groups in total. The van der Waals surface area contributed by atoms with Crippen molar-refractivity contribution in [3.8, 4) is 36.2 Å². The van der Waals surface area contributed by atoms with E-state index >= 15 is 0 Å². The number of aromatic nitrogens is 4. The van der Waals surface area contributed by atoms with E-state index in [-0.39, 0.29) is 111 Å². The second kappa shape index (κ2) is 66.0. The first kappa shape index (κ1) is 112. The Hall–Kier alpha value is -5.68. The number of ether oxygens (including phenoxy) is 8. The third kappa shape index (κ3) is 46.0. The summed E-state index contributed by atoms with van der Waals surface area (Å²) in [4.78, 5) is 49.6. The molecule has 2 aliphatic heterocycles. The van der Waals surface area contributed by atoms with Crippen LogP contribution in [0.25, 0.3) is 21.8 Å². The second-order valence-electron chi connectivity index (χ2n) is 24.9. The zero-order valence-electron chi connectivity index (χ0n) is 72.6. The molecular formula is C81H123BrN11Na2O20PS2. The van der Waals surface area contributed by atoms with Gasteiger partial charge in [0.1, 0.15) is 64.3 Å². The summed E-state index contributed by atoms with van der Waals surface area (Å²) >= 11 is 3.27. The van der Waals surface area contributed by atoms with Crippen molar-refractivity contribution in [1.29, 1.82) is 0 Å². The fourth-order valence-corrected chi connectivity index (χ4v) is 12.9. The first-order valence-corrected chi connectivity index (χ1v) is 44.5. The SMILES string of the molecule is C#Cc1cccc(Nc2ncnc3cc(O[C@H]4CCOC4)c(NC(=O)/C=C/CN(CC)CC)cc23)c1.C#Cc1cccc(Nc2ncnc3cc(O[C@H]4CCOC4)c(NC(=O)CP(=O)(OCC)OCC)cc23)c1.CCCCC.CCN(CC)CC(O)S(=O)(=O)[O-].CCOC(CBr)OCC.CCOC(CN(CC)CC)OCC.O=S(=O)=O.[H-].[Na+].[Na+]. The van der Waals surface area contributed by atoms with Crippen molar-refractivity contribution in [3.05, 3.63) is 109 Å². The molecule has 2 aromatic heterocycles. The van der Waals surface area contributed by atoms with Crippen LogP contribution in [0.4, 0.5) is 34.4 Å². The number of aliphatic hydroxyl groups is 1. The molecule has 31 nitrogen and oxygen atoms in total. The Morgan fingerprint density at radius 3 is 1.41 bits per heavy atom. The molecule has 4 aromatic carbocycles. The van der Waals surface area contributed by atoms with Crippen LogP contribution in [0, 0.1) is 24.7 Å². The molecule has 0 saturated carbocycles. The Bertz CT molecular complexity index is 4200. The van der Waals surface area contributed by atoms with Gasteiger partial charge < -0.3 is 89.1 Å². The zero-order valence-corrected chi connectivity index (χ0v) is 79.8. The number of alkyl halides is 1. The third-order valence-electron chi connectivity index (χ3n) is 16.7. The number of rotatable bonds is 41. The minimum absolute atomic E-state index is 0. The normalized spacial score (nSPS) is 13.7. The van der Waals surface area contributed by atoms with E-state index < -0.39 is 45.8 Å². The van der Waals surface area contributed by atoms with Gasteiger partial charge in [0.05, 0.1) is 67.4 Å².